The molecule has 1 heterocycles. The summed E-state index contributed by atoms with van der Waals surface area (Å²) in [6, 6.07) is 14.7. The maximum absolute atomic E-state index is 13.4. The van der Waals surface area contributed by atoms with Crippen LogP contribution >= 0.6 is 0 Å². The van der Waals surface area contributed by atoms with E-state index in [0.29, 0.717) is 12.5 Å². The van der Waals surface area contributed by atoms with Crippen LogP contribution in [-0.4, -0.2) is 29.1 Å². The Balaban J connectivity index is 1.47. The van der Waals surface area contributed by atoms with Crippen molar-refractivity contribution in [2.45, 2.75) is 36.9 Å². The molecule has 2 aliphatic carbocycles. The van der Waals surface area contributed by atoms with Gasteiger partial charge in [0.2, 0.25) is 0 Å². The molecule has 134 valence electrons. The largest absolute Gasteiger partial charge is 0.332 e. The number of nitrogens with zero attached hydrogens (tertiary/aromatic N) is 1. The summed E-state index contributed by atoms with van der Waals surface area (Å²) in [5, 5.41) is 3.24. The van der Waals surface area contributed by atoms with Gasteiger partial charge >= 0.3 is 6.03 Å². The summed E-state index contributed by atoms with van der Waals surface area (Å²) in [5.74, 6) is 0.171. The van der Waals surface area contributed by atoms with Crippen molar-refractivity contribution in [2.75, 3.05) is 6.54 Å². The van der Waals surface area contributed by atoms with Crippen molar-refractivity contribution in [3.63, 3.8) is 0 Å². The second-order valence-electron chi connectivity index (χ2n) is 7.86. The normalized spacial score (nSPS) is 31.5. The van der Waals surface area contributed by atoms with Crippen LogP contribution < -0.4 is 11.1 Å². The maximum atomic E-state index is 13.4. The molecule has 1 aliphatic heterocycles. The van der Waals surface area contributed by atoms with Crippen molar-refractivity contribution < 1.29 is 9.18 Å². The van der Waals surface area contributed by atoms with E-state index < -0.39 is 0 Å². The van der Waals surface area contributed by atoms with Gasteiger partial charge in [0.25, 0.3) is 0 Å². The van der Waals surface area contributed by atoms with Crippen LogP contribution in [0, 0.1) is 11.7 Å². The molecule has 0 aromatic heterocycles. The van der Waals surface area contributed by atoms with Gasteiger partial charge in [-0.2, -0.15) is 0 Å². The molecule has 2 aromatic rings. The van der Waals surface area contributed by atoms with Gasteiger partial charge in [-0.3, -0.25) is 0 Å². The third-order valence-corrected chi connectivity index (χ3v) is 6.34. The minimum Gasteiger partial charge on any atom is -0.332 e. The van der Waals surface area contributed by atoms with E-state index in [4.69, 9.17) is 5.73 Å². The van der Waals surface area contributed by atoms with E-state index in [2.05, 4.69) is 17.4 Å². The highest BCUT2D eigenvalue weighted by Gasteiger charge is 2.67. The Labute approximate surface area is 152 Å². The fourth-order valence-electron chi connectivity index (χ4n) is 4.80. The Hall–Kier alpha value is -2.40. The zero-order chi connectivity index (χ0) is 17.9. The van der Waals surface area contributed by atoms with Gasteiger partial charge in [0.15, 0.2) is 0 Å². The number of hydrogen-bond acceptors (Lipinski definition) is 2. The van der Waals surface area contributed by atoms with Crippen molar-refractivity contribution in [2.24, 2.45) is 11.7 Å². The third-order valence-electron chi connectivity index (χ3n) is 6.34. The Morgan fingerprint density at radius 2 is 1.92 bits per heavy atom. The minimum atomic E-state index is -0.267. The van der Waals surface area contributed by atoms with E-state index >= 15 is 0 Å². The lowest BCUT2D eigenvalue weighted by Gasteiger charge is -2.40. The van der Waals surface area contributed by atoms with Crippen molar-refractivity contribution in [1.82, 2.24) is 10.2 Å². The van der Waals surface area contributed by atoms with Gasteiger partial charge in [0.05, 0.1) is 6.04 Å². The molecule has 5 heteroatoms. The molecular weight excluding hydrogens is 329 g/mol. The summed E-state index contributed by atoms with van der Waals surface area (Å²) in [6.07, 6.45) is 2.69. The first-order valence-corrected chi connectivity index (χ1v) is 9.25. The van der Waals surface area contributed by atoms with Crippen LogP contribution in [0.5, 0.6) is 0 Å². The number of carbonyl (C=O) groups excluding carboxylic acids is 1. The topological polar surface area (TPSA) is 58.4 Å². The van der Waals surface area contributed by atoms with E-state index in [1.54, 1.807) is 12.1 Å². The number of nitrogens with one attached hydrogen (secondary N) is 1. The van der Waals surface area contributed by atoms with E-state index in [1.807, 2.05) is 17.0 Å². The Bertz CT molecular complexity index is 868. The molecule has 2 saturated carbocycles. The molecule has 0 radical (unpaired) electrons. The SMILES string of the molecule is N[C@@H]1C[C@]2(NC(=O)N3CCc4ccccc4[C@@H]3c3ccc(F)cc3)CC12. The van der Waals surface area contributed by atoms with E-state index in [1.165, 1.54) is 17.7 Å². The number of nitrogens with two attached hydrogens (primary N) is 1. The van der Waals surface area contributed by atoms with Gasteiger partial charge in [0.1, 0.15) is 5.82 Å². The second kappa shape index (κ2) is 5.55. The quantitative estimate of drug-likeness (QED) is 0.874. The fraction of sp³-hybridized carbons (Fsp3) is 0.381. The average molecular weight is 351 g/mol. The second-order valence-corrected chi connectivity index (χ2v) is 7.86. The first-order chi connectivity index (χ1) is 12.6. The summed E-state index contributed by atoms with van der Waals surface area (Å²) in [6.45, 7) is 0.650. The predicted octanol–water partition coefficient (Wildman–Crippen LogP) is 2.97. The van der Waals surface area contributed by atoms with Crippen molar-refractivity contribution in [1.29, 1.82) is 0 Å². The standard InChI is InChI=1S/C21H22FN3O/c22-15-7-5-14(6-8-15)19-16-4-2-1-3-13(16)9-10-25(19)20(26)24-21-11-17(21)18(23)12-21/h1-8,17-19H,9-12,23H2,(H,24,26)/t17?,18-,19+,21-/m1/s1. The molecule has 4 nitrogen and oxygen atoms in total. The smallest absolute Gasteiger partial charge is 0.318 e. The highest BCUT2D eigenvalue weighted by molar-refractivity contribution is 5.78. The molecule has 0 bridgehead atoms. The van der Waals surface area contributed by atoms with E-state index in [0.717, 1.165) is 30.4 Å². The van der Waals surface area contributed by atoms with Crippen LogP contribution in [0.25, 0.3) is 0 Å². The summed E-state index contributed by atoms with van der Waals surface area (Å²) in [7, 11) is 0. The van der Waals surface area contributed by atoms with Crippen molar-refractivity contribution in [3.05, 3.63) is 71.0 Å². The molecule has 2 fully saturated rings. The number of benzene rings is 2. The van der Waals surface area contributed by atoms with Crippen LogP contribution in [0.2, 0.25) is 0 Å². The molecule has 5 rings (SSSR count). The van der Waals surface area contributed by atoms with E-state index in [9.17, 15) is 9.18 Å². The number of fused-ring (bicyclic) bond motifs is 2. The Morgan fingerprint density at radius 1 is 1.15 bits per heavy atom. The first kappa shape index (κ1) is 15.8. The highest BCUT2D eigenvalue weighted by atomic mass is 19.1. The summed E-state index contributed by atoms with van der Waals surface area (Å²) < 4.78 is 13.4. The van der Waals surface area contributed by atoms with E-state index in [-0.39, 0.29) is 29.5 Å². The maximum Gasteiger partial charge on any atom is 0.318 e. The van der Waals surface area contributed by atoms with Crippen molar-refractivity contribution >= 4 is 6.03 Å². The zero-order valence-electron chi connectivity index (χ0n) is 14.5. The van der Waals surface area contributed by atoms with Gasteiger partial charge < -0.3 is 16.0 Å². The predicted molar refractivity (Wildman–Crippen MR) is 97.1 cm³/mol. The van der Waals surface area contributed by atoms with Crippen LogP contribution in [0.3, 0.4) is 0 Å². The average Bonchev–Trinajstić information content (AvgIpc) is 3.25. The van der Waals surface area contributed by atoms with Gasteiger partial charge in [-0.05, 0) is 54.0 Å². The Kier molecular flexibility index (Phi) is 3.38. The highest BCUT2D eigenvalue weighted by Crippen LogP contribution is 2.58. The molecule has 0 spiro atoms. The molecule has 26 heavy (non-hydrogen) atoms. The van der Waals surface area contributed by atoms with Crippen LogP contribution in [0.15, 0.2) is 48.5 Å². The molecule has 3 aliphatic rings. The molecule has 4 atom stereocenters. The lowest BCUT2D eigenvalue weighted by molar-refractivity contribution is 0.164. The van der Waals surface area contributed by atoms with Gasteiger partial charge in [-0.1, -0.05) is 36.4 Å². The number of rotatable bonds is 2. The summed E-state index contributed by atoms with van der Waals surface area (Å²) in [4.78, 5) is 15.0. The number of amides is 2. The molecule has 0 saturated heterocycles. The summed E-state index contributed by atoms with van der Waals surface area (Å²) >= 11 is 0. The molecule has 2 aromatic carbocycles. The fourth-order valence-corrected chi connectivity index (χ4v) is 4.80. The zero-order valence-corrected chi connectivity index (χ0v) is 14.5. The number of hydrogen-bond donors (Lipinski definition) is 2. The molecule has 3 N–H and O–H groups in total. The van der Waals surface area contributed by atoms with Crippen LogP contribution in [0.1, 0.15) is 35.6 Å². The van der Waals surface area contributed by atoms with Crippen LogP contribution in [0.4, 0.5) is 9.18 Å². The lowest BCUT2D eigenvalue weighted by Crippen LogP contribution is -2.57. The molecule has 1 unspecified atom stereocenters. The first-order valence-electron chi connectivity index (χ1n) is 9.25. The van der Waals surface area contributed by atoms with Gasteiger partial charge in [0, 0.05) is 18.1 Å². The number of urea groups is 1. The van der Waals surface area contributed by atoms with Crippen molar-refractivity contribution in [3.8, 4) is 0 Å². The monoisotopic (exact) mass is 351 g/mol. The summed E-state index contributed by atoms with van der Waals surface area (Å²) in [5.41, 5.74) is 9.23. The Morgan fingerprint density at radius 3 is 2.62 bits per heavy atom. The van der Waals surface area contributed by atoms with Gasteiger partial charge in [-0.15, -0.1) is 0 Å². The molecule has 2 amide bonds. The van der Waals surface area contributed by atoms with Crippen LogP contribution in [-0.2, 0) is 6.42 Å². The minimum absolute atomic E-state index is 0.0387. The van der Waals surface area contributed by atoms with Gasteiger partial charge in [-0.25, -0.2) is 9.18 Å². The lowest BCUT2D eigenvalue weighted by atomic mass is 9.87. The number of carbonyl (C=O) groups is 1. The number of halogens is 1. The molecular formula is C21H22FN3O. The third kappa shape index (κ3) is 2.34.